The van der Waals surface area contributed by atoms with E-state index in [1.807, 2.05) is 16.5 Å². The van der Waals surface area contributed by atoms with Gasteiger partial charge in [0.1, 0.15) is 5.82 Å². The predicted molar refractivity (Wildman–Crippen MR) is 136 cm³/mol. The Kier molecular flexibility index (Phi) is 6.04. The van der Waals surface area contributed by atoms with Crippen LogP contribution in [0.1, 0.15) is 70.1 Å². The van der Waals surface area contributed by atoms with Crippen LogP contribution in [0.2, 0.25) is 0 Å². The summed E-state index contributed by atoms with van der Waals surface area (Å²) in [6.45, 7) is 11.9. The van der Waals surface area contributed by atoms with Crippen LogP contribution >= 0.6 is 0 Å². The summed E-state index contributed by atoms with van der Waals surface area (Å²) in [4.78, 5) is 20.9. The van der Waals surface area contributed by atoms with E-state index in [1.54, 1.807) is 12.1 Å². The van der Waals surface area contributed by atoms with E-state index in [9.17, 15) is 13.2 Å². The van der Waals surface area contributed by atoms with E-state index in [0.717, 1.165) is 47.9 Å². The average molecular weight is 490 g/mol. The highest BCUT2D eigenvalue weighted by molar-refractivity contribution is 7.90. The Morgan fingerprint density at radius 2 is 1.91 bits per heavy atom. The molecule has 2 heterocycles. The van der Waals surface area contributed by atoms with Crippen LogP contribution in [-0.4, -0.2) is 59.8 Å². The van der Waals surface area contributed by atoms with Crippen LogP contribution in [0, 0.1) is 16.7 Å². The fraction of sp³-hybridized carbons (Fsp3) is 0.680. The fourth-order valence-electron chi connectivity index (χ4n) is 6.26. The first-order valence-corrected chi connectivity index (χ1v) is 13.6. The summed E-state index contributed by atoms with van der Waals surface area (Å²) in [5.41, 5.74) is 2.57. The summed E-state index contributed by atoms with van der Waals surface area (Å²) in [5, 5.41) is 0. The lowest BCUT2D eigenvalue weighted by Crippen LogP contribution is -2.38. The molecule has 2 aromatic rings. The maximum Gasteiger partial charge on any atom is 0.301 e. The van der Waals surface area contributed by atoms with Crippen molar-refractivity contribution in [3.8, 4) is 0 Å². The molecule has 1 aromatic carbocycles. The Morgan fingerprint density at radius 3 is 2.53 bits per heavy atom. The minimum atomic E-state index is -3.72. The Labute approximate surface area is 203 Å². The molecule has 2 atom stereocenters. The molecule has 8 nitrogen and oxygen atoms in total. The number of aromatic nitrogens is 2. The molecule has 1 amide bonds. The predicted octanol–water partition coefficient (Wildman–Crippen LogP) is 4.03. The van der Waals surface area contributed by atoms with E-state index >= 15 is 0 Å². The van der Waals surface area contributed by atoms with Crippen molar-refractivity contribution in [2.45, 2.75) is 66.3 Å². The first kappa shape index (κ1) is 25.0. The Balaban J connectivity index is 1.83. The second-order valence-electron chi connectivity index (χ2n) is 12.1. The monoisotopic (exact) mass is 489 g/mol. The number of carbonyl (C=O) groups is 1. The second kappa shape index (κ2) is 8.22. The number of amides is 1. The maximum atomic E-state index is 14.1. The number of hydrogen-bond donors (Lipinski definition) is 1. The standard InChI is InChI=1S/C25H39N5O3S/c1-16(2)9-21-26-20-11-17(27-34(32,33)28(6)7)10-19(22(20)29(21)8)23(31)30-15-25(5)13-18(30)12-24(3,4)14-25/h10-11,16,18,27H,9,12-15H2,1-8H3/t18-,25-/m1/s1. The minimum absolute atomic E-state index is 0.0403. The fourth-order valence-corrected chi connectivity index (χ4v) is 6.86. The molecule has 1 saturated carbocycles. The largest absolute Gasteiger partial charge is 0.335 e. The van der Waals surface area contributed by atoms with Crippen LogP contribution in [0.25, 0.3) is 11.0 Å². The van der Waals surface area contributed by atoms with Gasteiger partial charge in [0.05, 0.1) is 22.3 Å². The summed E-state index contributed by atoms with van der Waals surface area (Å²) >= 11 is 0. The van der Waals surface area contributed by atoms with Gasteiger partial charge in [-0.05, 0) is 48.1 Å². The van der Waals surface area contributed by atoms with Gasteiger partial charge in [-0.25, -0.2) is 4.98 Å². The number of hydrogen-bond acceptors (Lipinski definition) is 4. The molecule has 2 fully saturated rings. The van der Waals surface area contributed by atoms with E-state index in [1.165, 1.54) is 14.1 Å². The number of nitrogens with one attached hydrogen (secondary N) is 1. The molecular weight excluding hydrogens is 450 g/mol. The normalized spacial score (nSPS) is 24.4. The van der Waals surface area contributed by atoms with Crippen LogP contribution in [0.15, 0.2) is 12.1 Å². The van der Waals surface area contributed by atoms with Crippen molar-refractivity contribution in [3.63, 3.8) is 0 Å². The van der Waals surface area contributed by atoms with Gasteiger partial charge >= 0.3 is 10.2 Å². The summed E-state index contributed by atoms with van der Waals surface area (Å²) in [6, 6.07) is 3.60. The summed E-state index contributed by atoms with van der Waals surface area (Å²) in [6.07, 6.45) is 3.87. The molecule has 1 saturated heterocycles. The highest BCUT2D eigenvalue weighted by atomic mass is 32.2. The van der Waals surface area contributed by atoms with E-state index in [0.29, 0.717) is 22.7 Å². The third-order valence-electron chi connectivity index (χ3n) is 7.29. The third kappa shape index (κ3) is 4.56. The van der Waals surface area contributed by atoms with Crippen LogP contribution < -0.4 is 4.72 Å². The highest BCUT2D eigenvalue weighted by Gasteiger charge is 2.51. The van der Waals surface area contributed by atoms with Gasteiger partial charge < -0.3 is 9.47 Å². The topological polar surface area (TPSA) is 87.5 Å². The number of aryl methyl sites for hydroxylation is 1. The summed E-state index contributed by atoms with van der Waals surface area (Å²) in [5.74, 6) is 1.25. The van der Waals surface area contributed by atoms with Crippen LogP contribution in [0.3, 0.4) is 0 Å². The maximum absolute atomic E-state index is 14.1. The number of anilines is 1. The van der Waals surface area contributed by atoms with Gasteiger partial charge in [0, 0.05) is 40.2 Å². The van der Waals surface area contributed by atoms with E-state index < -0.39 is 10.2 Å². The van der Waals surface area contributed by atoms with Crippen molar-refractivity contribution in [2.24, 2.45) is 23.8 Å². The Hall–Kier alpha value is -2.13. The quantitative estimate of drug-likeness (QED) is 0.664. The zero-order chi connectivity index (χ0) is 25.2. The zero-order valence-electron chi connectivity index (χ0n) is 21.8. The average Bonchev–Trinajstić information content (AvgIpc) is 3.11. The molecule has 1 aliphatic heterocycles. The third-order valence-corrected chi connectivity index (χ3v) is 8.74. The summed E-state index contributed by atoms with van der Waals surface area (Å²) < 4.78 is 30.8. The summed E-state index contributed by atoms with van der Waals surface area (Å²) in [7, 11) is 1.17. The number of rotatable bonds is 6. The van der Waals surface area contributed by atoms with Gasteiger partial charge in [0.2, 0.25) is 0 Å². The van der Waals surface area contributed by atoms with Crippen molar-refractivity contribution in [3.05, 3.63) is 23.5 Å². The van der Waals surface area contributed by atoms with Gasteiger partial charge in [0.25, 0.3) is 5.91 Å². The van der Waals surface area contributed by atoms with Crippen molar-refractivity contribution in [2.75, 3.05) is 25.4 Å². The smallest absolute Gasteiger partial charge is 0.301 e. The molecule has 2 aliphatic rings. The van der Waals surface area contributed by atoms with E-state index in [4.69, 9.17) is 4.98 Å². The molecule has 1 aliphatic carbocycles. The van der Waals surface area contributed by atoms with E-state index in [2.05, 4.69) is 39.3 Å². The van der Waals surface area contributed by atoms with E-state index in [-0.39, 0.29) is 22.8 Å². The van der Waals surface area contributed by atoms with Crippen LogP contribution in [0.5, 0.6) is 0 Å². The molecule has 188 valence electrons. The molecule has 2 bridgehead atoms. The van der Waals surface area contributed by atoms with Crippen molar-refractivity contribution < 1.29 is 13.2 Å². The number of imidazole rings is 1. The molecule has 1 N–H and O–H groups in total. The number of likely N-dealkylation sites (tertiary alicyclic amines) is 1. The Morgan fingerprint density at radius 1 is 1.24 bits per heavy atom. The second-order valence-corrected chi connectivity index (χ2v) is 14.0. The lowest BCUT2D eigenvalue weighted by atomic mass is 9.65. The lowest BCUT2D eigenvalue weighted by molar-refractivity contribution is 0.0710. The van der Waals surface area contributed by atoms with Gasteiger partial charge in [-0.1, -0.05) is 34.6 Å². The van der Waals surface area contributed by atoms with Crippen LogP contribution in [0.4, 0.5) is 5.69 Å². The molecule has 0 spiro atoms. The molecule has 4 rings (SSSR count). The van der Waals surface area contributed by atoms with Crippen molar-refractivity contribution in [1.82, 2.24) is 18.8 Å². The number of benzene rings is 1. The first-order chi connectivity index (χ1) is 15.6. The van der Waals surface area contributed by atoms with Gasteiger partial charge in [-0.15, -0.1) is 0 Å². The molecule has 9 heteroatoms. The van der Waals surface area contributed by atoms with Gasteiger partial charge in [-0.3, -0.25) is 9.52 Å². The number of fused-ring (bicyclic) bond motifs is 3. The zero-order valence-corrected chi connectivity index (χ0v) is 22.6. The molecule has 34 heavy (non-hydrogen) atoms. The van der Waals surface area contributed by atoms with Gasteiger partial charge in [0.15, 0.2) is 0 Å². The molecular formula is C25H39N5O3S. The molecule has 0 radical (unpaired) electrons. The number of carbonyl (C=O) groups excluding carboxylic acids is 1. The minimum Gasteiger partial charge on any atom is -0.335 e. The lowest BCUT2D eigenvalue weighted by Gasteiger charge is -2.39. The van der Waals surface area contributed by atoms with Crippen molar-refractivity contribution >= 4 is 32.8 Å². The van der Waals surface area contributed by atoms with Gasteiger partial charge in [-0.2, -0.15) is 12.7 Å². The molecule has 1 aromatic heterocycles. The van der Waals surface area contributed by atoms with Crippen LogP contribution in [-0.2, 0) is 23.7 Å². The number of nitrogens with zero attached hydrogens (tertiary/aromatic N) is 4. The molecule has 0 unspecified atom stereocenters. The Bertz CT molecular complexity index is 1230. The SMILES string of the molecule is CC(C)Cc1nc2cc(NS(=O)(=O)N(C)C)cc(C(=O)N3C[C@]4(C)C[C@H]3CC(C)(C)C4)c2n1C. The highest BCUT2D eigenvalue weighted by Crippen LogP contribution is 2.52. The van der Waals surface area contributed by atoms with Crippen molar-refractivity contribution in [1.29, 1.82) is 0 Å². The first-order valence-electron chi connectivity index (χ1n) is 12.1.